The summed E-state index contributed by atoms with van der Waals surface area (Å²) in [4.78, 5) is 45.8. The Hall–Kier alpha value is -3.12. The van der Waals surface area contributed by atoms with E-state index < -0.39 is 63.8 Å². The van der Waals surface area contributed by atoms with Gasteiger partial charge in [0, 0.05) is 12.8 Å². The molecule has 0 spiro atoms. The van der Waals surface area contributed by atoms with Crippen molar-refractivity contribution in [1.82, 2.24) is 0 Å². The average molecular weight is 810 g/mol. The van der Waals surface area contributed by atoms with Crippen molar-refractivity contribution in [2.24, 2.45) is 5.73 Å². The highest BCUT2D eigenvalue weighted by Crippen LogP contribution is 2.43. The van der Waals surface area contributed by atoms with Gasteiger partial charge >= 0.3 is 25.7 Å². The maximum atomic E-state index is 12.6. The first-order chi connectivity index (χ1) is 27.0. The van der Waals surface area contributed by atoms with Crippen LogP contribution >= 0.6 is 7.82 Å². The number of aliphatic carboxylic acids is 1. The summed E-state index contributed by atoms with van der Waals surface area (Å²) in [5, 5.41) is 18.7. The van der Waals surface area contributed by atoms with Gasteiger partial charge in [0.05, 0.1) is 19.3 Å². The molecule has 56 heavy (non-hydrogen) atoms. The molecule has 0 aromatic heterocycles. The minimum atomic E-state index is -4.74. The summed E-state index contributed by atoms with van der Waals surface area (Å²) in [6.45, 7) is 2.48. The number of phosphoric acid groups is 1. The van der Waals surface area contributed by atoms with Crippen LogP contribution < -0.4 is 5.73 Å². The second-order valence-corrected chi connectivity index (χ2v) is 15.0. The van der Waals surface area contributed by atoms with Crippen LogP contribution in [0.25, 0.3) is 0 Å². The van der Waals surface area contributed by atoms with E-state index in [1.165, 1.54) is 51.4 Å². The fourth-order valence-electron chi connectivity index (χ4n) is 5.06. The summed E-state index contributed by atoms with van der Waals surface area (Å²) in [6, 6.07) is -1.54. The normalized spacial score (nSPS) is 15.1. The Kier molecular flexibility index (Phi) is 35.4. The summed E-state index contributed by atoms with van der Waals surface area (Å²) >= 11 is 0. The number of aliphatic hydroxyl groups excluding tert-OH is 1. The van der Waals surface area contributed by atoms with Gasteiger partial charge in [0.2, 0.25) is 0 Å². The van der Waals surface area contributed by atoms with E-state index in [4.69, 9.17) is 24.8 Å². The number of carbonyl (C=O) groups is 3. The molecule has 4 atom stereocenters. The maximum Gasteiger partial charge on any atom is 0.472 e. The summed E-state index contributed by atoms with van der Waals surface area (Å²) < 4.78 is 32.5. The highest BCUT2D eigenvalue weighted by Gasteiger charge is 2.28. The lowest BCUT2D eigenvalue weighted by Crippen LogP contribution is -2.34. The zero-order valence-electron chi connectivity index (χ0n) is 34.1. The van der Waals surface area contributed by atoms with Crippen molar-refractivity contribution in [2.75, 3.05) is 19.8 Å². The zero-order valence-corrected chi connectivity index (χ0v) is 35.0. The molecule has 0 aromatic rings. The summed E-state index contributed by atoms with van der Waals surface area (Å²) in [5.74, 6) is -2.52. The number of esters is 2. The monoisotopic (exact) mass is 809 g/mol. The first-order valence-electron chi connectivity index (χ1n) is 20.6. The number of hydrogen-bond acceptors (Lipinski definition) is 10. The molecular formula is C43H72NO11P. The number of carboxylic acid groups (broad SMARTS) is 1. The van der Waals surface area contributed by atoms with Gasteiger partial charge in [-0.05, 0) is 44.9 Å². The molecule has 0 aliphatic rings. The van der Waals surface area contributed by atoms with Gasteiger partial charge < -0.3 is 30.3 Å². The lowest BCUT2D eigenvalue weighted by atomic mass is 10.0. The van der Waals surface area contributed by atoms with Gasteiger partial charge in [-0.3, -0.25) is 23.4 Å². The zero-order chi connectivity index (χ0) is 41.5. The van der Waals surface area contributed by atoms with Gasteiger partial charge in [-0.15, -0.1) is 0 Å². The van der Waals surface area contributed by atoms with Crippen molar-refractivity contribution < 1.29 is 52.6 Å². The van der Waals surface area contributed by atoms with Crippen LogP contribution in [0.5, 0.6) is 0 Å². The minimum absolute atomic E-state index is 0.0790. The molecule has 0 bridgehead atoms. The predicted octanol–water partition coefficient (Wildman–Crippen LogP) is 9.53. The molecule has 0 aliphatic carbocycles. The Morgan fingerprint density at radius 1 is 0.661 bits per heavy atom. The second kappa shape index (κ2) is 37.5. The molecule has 13 heteroatoms. The van der Waals surface area contributed by atoms with Crippen molar-refractivity contribution in [3.8, 4) is 0 Å². The van der Waals surface area contributed by atoms with E-state index in [1.54, 1.807) is 6.08 Å². The molecule has 0 aromatic carbocycles. The first-order valence-corrected chi connectivity index (χ1v) is 22.1. The topological polar surface area (TPSA) is 192 Å². The van der Waals surface area contributed by atoms with Crippen LogP contribution in [0.4, 0.5) is 0 Å². The van der Waals surface area contributed by atoms with E-state index in [1.807, 2.05) is 48.6 Å². The number of hydrogen-bond donors (Lipinski definition) is 4. The van der Waals surface area contributed by atoms with Gasteiger partial charge in [0.1, 0.15) is 12.6 Å². The molecule has 0 rings (SSSR count). The van der Waals surface area contributed by atoms with Crippen LogP contribution in [-0.2, 0) is 37.5 Å². The molecule has 0 radical (unpaired) electrons. The molecule has 0 aliphatic heterocycles. The number of nitrogens with two attached hydrogens (primary N) is 1. The van der Waals surface area contributed by atoms with Crippen LogP contribution in [0.1, 0.15) is 142 Å². The number of ether oxygens (including phenoxy) is 2. The minimum Gasteiger partial charge on any atom is -0.480 e. The Bertz CT molecular complexity index is 1240. The summed E-state index contributed by atoms with van der Waals surface area (Å²) in [6.07, 6.45) is 40.3. The van der Waals surface area contributed by atoms with Crippen LogP contribution in [0, 0.1) is 0 Å². The van der Waals surface area contributed by atoms with Gasteiger partial charge in [-0.25, -0.2) is 4.57 Å². The average Bonchev–Trinajstić information content (AvgIpc) is 3.16. The lowest BCUT2D eigenvalue weighted by molar-refractivity contribution is -0.161. The Morgan fingerprint density at radius 2 is 1.21 bits per heavy atom. The largest absolute Gasteiger partial charge is 0.480 e. The van der Waals surface area contributed by atoms with E-state index in [9.17, 15) is 28.9 Å². The molecule has 320 valence electrons. The number of aliphatic hydroxyl groups is 1. The van der Waals surface area contributed by atoms with Crippen molar-refractivity contribution in [3.05, 3.63) is 72.9 Å². The van der Waals surface area contributed by atoms with Crippen molar-refractivity contribution >= 4 is 25.7 Å². The fraction of sp³-hybridized carbons (Fsp3) is 0.651. The summed E-state index contributed by atoms with van der Waals surface area (Å²) in [7, 11) is -4.74. The predicted molar refractivity (Wildman–Crippen MR) is 223 cm³/mol. The van der Waals surface area contributed by atoms with Crippen LogP contribution in [-0.4, -0.2) is 71.1 Å². The first kappa shape index (κ1) is 52.9. The van der Waals surface area contributed by atoms with E-state index in [-0.39, 0.29) is 12.8 Å². The molecule has 0 saturated heterocycles. The van der Waals surface area contributed by atoms with E-state index in [2.05, 4.69) is 36.6 Å². The van der Waals surface area contributed by atoms with Crippen LogP contribution in [0.2, 0.25) is 0 Å². The molecule has 5 N–H and O–H groups in total. The Labute approximate surface area is 336 Å². The maximum absolute atomic E-state index is 12.6. The lowest BCUT2D eigenvalue weighted by Gasteiger charge is -2.20. The molecule has 0 saturated carbocycles. The molecule has 0 fully saturated rings. The highest BCUT2D eigenvalue weighted by molar-refractivity contribution is 7.47. The molecule has 0 heterocycles. The third-order valence-electron chi connectivity index (χ3n) is 8.31. The van der Waals surface area contributed by atoms with Crippen LogP contribution in [0.3, 0.4) is 0 Å². The number of carboxylic acids is 1. The standard InChI is InChI=1S/C43H72NO11P/c1-3-5-7-8-9-10-11-16-20-23-26-30-34-42(47)55-39(36-53-56(50,51)54-37-40(44)43(48)49)35-52-41(46)33-29-25-22-19-17-14-12-13-15-18-21-24-28-32-38(45)31-27-6-4-2/h6,13-15,17,21-22,24-25,27-28,32,38-40,45H,3-5,7-12,16,18-20,23,26,29-31,33-37,44H2,1-2H3,(H,48,49)(H,50,51)/b15-13-,17-14-,24-21+,25-22-,27-6-,32-28+/t38?,39-,40+/m1/s1. The molecular weight excluding hydrogens is 737 g/mol. The third-order valence-corrected chi connectivity index (χ3v) is 9.26. The van der Waals surface area contributed by atoms with Crippen molar-refractivity contribution in [2.45, 2.75) is 161 Å². The number of rotatable bonds is 37. The van der Waals surface area contributed by atoms with Gasteiger partial charge in [0.25, 0.3) is 0 Å². The quantitative estimate of drug-likeness (QED) is 0.0153. The number of unbranched alkanes of at least 4 members (excludes halogenated alkanes) is 11. The summed E-state index contributed by atoms with van der Waals surface area (Å²) in [5.41, 5.74) is 5.31. The number of carbonyl (C=O) groups excluding carboxylic acids is 2. The third kappa shape index (κ3) is 36.5. The van der Waals surface area contributed by atoms with Gasteiger partial charge in [-0.1, -0.05) is 157 Å². The van der Waals surface area contributed by atoms with Crippen molar-refractivity contribution in [3.63, 3.8) is 0 Å². The molecule has 12 nitrogen and oxygen atoms in total. The van der Waals surface area contributed by atoms with Crippen LogP contribution in [0.15, 0.2) is 72.9 Å². The SMILES string of the molecule is CC/C=C\CC(O)/C=C/C=C/C/C=C\C/C=C\C/C=C\CCC(=O)OC[C@H](COP(=O)(O)OC[C@H](N)C(=O)O)OC(=O)CCCCCCCCCCCCCC. The van der Waals surface area contributed by atoms with Crippen molar-refractivity contribution in [1.29, 1.82) is 0 Å². The van der Waals surface area contributed by atoms with E-state index >= 15 is 0 Å². The smallest absolute Gasteiger partial charge is 0.472 e. The number of allylic oxidation sites excluding steroid dienone is 10. The van der Waals surface area contributed by atoms with E-state index in [0.717, 1.165) is 38.5 Å². The van der Waals surface area contributed by atoms with E-state index in [0.29, 0.717) is 25.7 Å². The molecule has 0 amide bonds. The Balaban J connectivity index is 4.55. The second-order valence-electron chi connectivity index (χ2n) is 13.6. The molecule has 2 unspecified atom stereocenters. The highest BCUT2D eigenvalue weighted by atomic mass is 31.2. The number of phosphoric ester groups is 1. The van der Waals surface area contributed by atoms with Gasteiger partial charge in [0.15, 0.2) is 6.10 Å². The Morgan fingerprint density at radius 3 is 1.80 bits per heavy atom. The van der Waals surface area contributed by atoms with Gasteiger partial charge in [-0.2, -0.15) is 0 Å². The fourth-order valence-corrected chi connectivity index (χ4v) is 5.83.